The summed E-state index contributed by atoms with van der Waals surface area (Å²) in [4.78, 5) is 0. The normalized spacial score (nSPS) is 10.3. The fraction of sp³-hybridized carbons (Fsp3) is 0.250. The van der Waals surface area contributed by atoms with Crippen LogP contribution in [0.1, 0.15) is 5.56 Å². The molecule has 0 spiro atoms. The number of halogens is 2. The molecule has 1 aromatic rings. The number of hydrogen-bond donors (Lipinski definition) is 3. The van der Waals surface area contributed by atoms with Crippen molar-refractivity contribution in [1.82, 2.24) is 5.48 Å². The van der Waals surface area contributed by atoms with Crippen LogP contribution < -0.4 is 10.2 Å². The van der Waals surface area contributed by atoms with Gasteiger partial charge in [-0.3, -0.25) is 0 Å². The van der Waals surface area contributed by atoms with E-state index in [2.05, 4.69) is 0 Å². The Morgan fingerprint density at radius 2 is 2.29 bits per heavy atom. The first-order valence-electron chi connectivity index (χ1n) is 3.72. The van der Waals surface area contributed by atoms with Gasteiger partial charge in [0.1, 0.15) is 10.8 Å². The zero-order valence-corrected chi connectivity index (χ0v) is 8.10. The van der Waals surface area contributed by atoms with Gasteiger partial charge < -0.3 is 15.1 Å². The third-order valence-corrected chi connectivity index (χ3v) is 2.05. The minimum atomic E-state index is -0.860. The largest absolute Gasteiger partial charge is 0.504 e. The van der Waals surface area contributed by atoms with Gasteiger partial charge in [0, 0.05) is 12.1 Å². The maximum atomic E-state index is 13.0. The van der Waals surface area contributed by atoms with Gasteiger partial charge in [0.25, 0.3) is 0 Å². The summed E-state index contributed by atoms with van der Waals surface area (Å²) in [6.45, 7) is -0.0277. The highest BCUT2D eigenvalue weighted by molar-refractivity contribution is 6.33. The van der Waals surface area contributed by atoms with Crippen molar-refractivity contribution in [2.75, 3.05) is 7.11 Å². The molecular formula is C8H9ClFNO3. The fourth-order valence-corrected chi connectivity index (χ4v) is 1.37. The molecule has 0 fully saturated rings. The molecule has 1 aromatic carbocycles. The fourth-order valence-electron chi connectivity index (χ4n) is 1.08. The van der Waals surface area contributed by atoms with Crippen LogP contribution in [0.25, 0.3) is 0 Å². The van der Waals surface area contributed by atoms with Crippen molar-refractivity contribution < 1.29 is 19.4 Å². The highest BCUT2D eigenvalue weighted by Gasteiger charge is 2.16. The first kappa shape index (κ1) is 11.0. The van der Waals surface area contributed by atoms with Crippen LogP contribution >= 0.6 is 11.6 Å². The van der Waals surface area contributed by atoms with E-state index in [4.69, 9.17) is 26.7 Å². The summed E-state index contributed by atoms with van der Waals surface area (Å²) in [5.74, 6) is -1.39. The lowest BCUT2D eigenvalue weighted by molar-refractivity contribution is 0.160. The van der Waals surface area contributed by atoms with E-state index in [1.54, 1.807) is 0 Å². The van der Waals surface area contributed by atoms with Crippen LogP contribution in [0.3, 0.4) is 0 Å². The molecule has 0 amide bonds. The monoisotopic (exact) mass is 221 g/mol. The number of ether oxygens (including phenoxy) is 1. The Balaban J connectivity index is 3.28. The highest BCUT2D eigenvalue weighted by Crippen LogP contribution is 2.38. The number of phenols is 1. The third-order valence-electron chi connectivity index (χ3n) is 1.70. The smallest absolute Gasteiger partial charge is 0.174 e. The number of hydroxylamine groups is 1. The summed E-state index contributed by atoms with van der Waals surface area (Å²) in [7, 11) is 1.33. The lowest BCUT2D eigenvalue weighted by Crippen LogP contribution is -2.08. The Labute approximate surface area is 84.8 Å². The van der Waals surface area contributed by atoms with Crippen LogP contribution in [0.2, 0.25) is 5.02 Å². The molecule has 3 N–H and O–H groups in total. The topological polar surface area (TPSA) is 61.7 Å². The Morgan fingerprint density at radius 3 is 2.79 bits per heavy atom. The molecule has 0 aromatic heterocycles. The van der Waals surface area contributed by atoms with Gasteiger partial charge in [-0.25, -0.2) is 9.87 Å². The molecule has 0 saturated carbocycles. The van der Waals surface area contributed by atoms with Gasteiger partial charge in [0.05, 0.1) is 7.11 Å². The zero-order chi connectivity index (χ0) is 10.7. The summed E-state index contributed by atoms with van der Waals surface area (Å²) >= 11 is 5.62. The van der Waals surface area contributed by atoms with Gasteiger partial charge in [-0.15, -0.1) is 0 Å². The van der Waals surface area contributed by atoms with E-state index in [1.807, 2.05) is 5.48 Å². The number of rotatable bonds is 3. The van der Waals surface area contributed by atoms with Gasteiger partial charge in [-0.2, -0.15) is 0 Å². The van der Waals surface area contributed by atoms with E-state index in [0.717, 1.165) is 6.07 Å². The van der Waals surface area contributed by atoms with Crippen molar-refractivity contribution in [3.63, 3.8) is 0 Å². The van der Waals surface area contributed by atoms with Crippen LogP contribution in [0, 0.1) is 5.82 Å². The number of nitrogens with one attached hydrogen (secondary N) is 1. The van der Waals surface area contributed by atoms with Crippen LogP contribution in [0.4, 0.5) is 4.39 Å². The Kier molecular flexibility index (Phi) is 3.51. The number of benzene rings is 1. The van der Waals surface area contributed by atoms with E-state index >= 15 is 0 Å². The second-order valence-corrected chi connectivity index (χ2v) is 2.93. The number of hydrogen-bond acceptors (Lipinski definition) is 4. The van der Waals surface area contributed by atoms with Crippen LogP contribution in [0.5, 0.6) is 11.5 Å². The molecule has 0 aliphatic heterocycles. The summed E-state index contributed by atoms with van der Waals surface area (Å²) in [5, 5.41) is 17.4. The van der Waals surface area contributed by atoms with Crippen molar-refractivity contribution in [3.8, 4) is 11.5 Å². The third kappa shape index (κ3) is 1.89. The van der Waals surface area contributed by atoms with Gasteiger partial charge >= 0.3 is 0 Å². The number of aromatic hydroxyl groups is 1. The van der Waals surface area contributed by atoms with Crippen molar-refractivity contribution in [3.05, 3.63) is 22.5 Å². The second kappa shape index (κ2) is 4.45. The molecule has 0 bridgehead atoms. The molecule has 78 valence electrons. The number of methoxy groups -OCH3 is 1. The maximum absolute atomic E-state index is 13.0. The maximum Gasteiger partial charge on any atom is 0.174 e. The van der Waals surface area contributed by atoms with Gasteiger partial charge in [0.15, 0.2) is 11.6 Å². The van der Waals surface area contributed by atoms with Crippen molar-refractivity contribution >= 4 is 11.6 Å². The molecule has 0 heterocycles. The predicted molar refractivity (Wildman–Crippen MR) is 48.3 cm³/mol. The van der Waals surface area contributed by atoms with Crippen LogP contribution in [0.15, 0.2) is 6.07 Å². The average Bonchev–Trinajstić information content (AvgIpc) is 2.16. The first-order valence-corrected chi connectivity index (χ1v) is 4.10. The molecule has 0 radical (unpaired) electrons. The van der Waals surface area contributed by atoms with E-state index in [0.29, 0.717) is 5.56 Å². The zero-order valence-electron chi connectivity index (χ0n) is 7.34. The lowest BCUT2D eigenvalue weighted by atomic mass is 10.2. The Morgan fingerprint density at radius 1 is 1.64 bits per heavy atom. The summed E-state index contributed by atoms with van der Waals surface area (Å²) in [6.07, 6.45) is 0. The van der Waals surface area contributed by atoms with Crippen LogP contribution in [-0.2, 0) is 6.54 Å². The minimum Gasteiger partial charge on any atom is -0.504 e. The second-order valence-electron chi connectivity index (χ2n) is 2.55. The molecule has 6 heteroatoms. The molecule has 4 nitrogen and oxygen atoms in total. The van der Waals surface area contributed by atoms with Crippen molar-refractivity contribution in [2.45, 2.75) is 6.54 Å². The molecule has 0 saturated heterocycles. The van der Waals surface area contributed by atoms with Crippen LogP contribution in [-0.4, -0.2) is 17.4 Å². The average molecular weight is 222 g/mol. The van der Waals surface area contributed by atoms with Gasteiger partial charge in [-0.1, -0.05) is 11.6 Å². The van der Waals surface area contributed by atoms with Gasteiger partial charge in [-0.05, 0) is 6.07 Å². The molecule has 0 atom stereocenters. The summed E-state index contributed by atoms with van der Waals surface area (Å²) in [5.41, 5.74) is 2.16. The lowest BCUT2D eigenvalue weighted by Gasteiger charge is -2.11. The standard InChI is InChI=1S/C8H9ClFNO3/c1-14-8-4(3-11-13)2-5(10)7(12)6(8)9/h2,11-13H,3H2,1H3. The van der Waals surface area contributed by atoms with Gasteiger partial charge in [0.2, 0.25) is 0 Å². The van der Waals surface area contributed by atoms with E-state index in [9.17, 15) is 4.39 Å². The van der Waals surface area contributed by atoms with E-state index in [-0.39, 0.29) is 17.3 Å². The SMILES string of the molecule is COc1c(CNO)cc(F)c(O)c1Cl. The molecule has 0 unspecified atom stereocenters. The molecule has 1 rings (SSSR count). The van der Waals surface area contributed by atoms with Crippen molar-refractivity contribution in [1.29, 1.82) is 0 Å². The Hall–Kier alpha value is -1.04. The quantitative estimate of drug-likeness (QED) is 0.680. The molecule has 14 heavy (non-hydrogen) atoms. The summed E-state index contributed by atoms with van der Waals surface area (Å²) < 4.78 is 17.8. The summed E-state index contributed by atoms with van der Waals surface area (Å²) in [6, 6.07) is 1.03. The Bertz CT molecular complexity index is 346. The van der Waals surface area contributed by atoms with E-state index in [1.165, 1.54) is 7.11 Å². The number of phenolic OH excluding ortho intramolecular Hbond substituents is 1. The molecule has 0 aliphatic carbocycles. The molecular weight excluding hydrogens is 213 g/mol. The molecule has 0 aliphatic rings. The highest BCUT2D eigenvalue weighted by atomic mass is 35.5. The van der Waals surface area contributed by atoms with E-state index < -0.39 is 11.6 Å². The van der Waals surface area contributed by atoms with Crippen molar-refractivity contribution in [2.24, 2.45) is 0 Å². The first-order chi connectivity index (χ1) is 6.61. The predicted octanol–water partition coefficient (Wildman–Crippen LogP) is 1.67. The minimum absolute atomic E-state index is 0.0277.